The van der Waals surface area contributed by atoms with Crippen LogP contribution in [-0.2, 0) is 6.54 Å². The van der Waals surface area contributed by atoms with Gasteiger partial charge in [0, 0.05) is 25.2 Å². The van der Waals surface area contributed by atoms with Gasteiger partial charge in [-0.25, -0.2) is 0 Å². The summed E-state index contributed by atoms with van der Waals surface area (Å²) in [6.45, 7) is 2.23. The maximum Gasteiger partial charge on any atom is 0.387 e. The van der Waals surface area contributed by atoms with Crippen LogP contribution in [0.5, 0.6) is 5.75 Å². The van der Waals surface area contributed by atoms with Gasteiger partial charge in [-0.1, -0.05) is 6.07 Å². The predicted molar refractivity (Wildman–Crippen MR) is 78.8 cm³/mol. The summed E-state index contributed by atoms with van der Waals surface area (Å²) in [5.41, 5.74) is 2.58. The largest absolute Gasteiger partial charge is 0.434 e. The quantitative estimate of drug-likeness (QED) is 0.770. The van der Waals surface area contributed by atoms with Crippen LogP contribution in [0.15, 0.2) is 12.1 Å². The Morgan fingerprint density at radius 3 is 2.43 bits per heavy atom. The third-order valence-corrected chi connectivity index (χ3v) is 3.16. The van der Waals surface area contributed by atoms with Gasteiger partial charge in [0.25, 0.3) is 0 Å². The molecule has 21 heavy (non-hydrogen) atoms. The normalized spacial score (nSPS) is 13.0. The highest BCUT2D eigenvalue weighted by molar-refractivity contribution is 5.41. The first-order valence-corrected chi connectivity index (χ1v) is 6.88. The van der Waals surface area contributed by atoms with Crippen LogP contribution < -0.4 is 10.1 Å². The standard InChI is InChI=1S/C15H24F2N2O2/c1-10-5-12(7-18-8-13(20)9-19(3)4)14(6-11(10)2)21-15(16)17/h5-6,13,15,18,20H,7-9H2,1-4H3. The smallest absolute Gasteiger partial charge is 0.387 e. The van der Waals surface area contributed by atoms with Gasteiger partial charge in [0.15, 0.2) is 0 Å². The number of hydrogen-bond acceptors (Lipinski definition) is 4. The molecule has 1 atom stereocenters. The number of likely N-dealkylation sites (N-methyl/N-ethyl adjacent to an activating group) is 1. The molecule has 0 radical (unpaired) electrons. The van der Waals surface area contributed by atoms with Crippen LogP contribution in [0.2, 0.25) is 0 Å². The highest BCUT2D eigenvalue weighted by Gasteiger charge is 2.12. The number of ether oxygens (including phenoxy) is 1. The van der Waals surface area contributed by atoms with E-state index < -0.39 is 12.7 Å². The van der Waals surface area contributed by atoms with Crippen molar-refractivity contribution in [2.45, 2.75) is 33.1 Å². The van der Waals surface area contributed by atoms with E-state index in [4.69, 9.17) is 0 Å². The molecule has 0 heterocycles. The second kappa shape index (κ2) is 8.26. The first-order chi connectivity index (χ1) is 9.79. The summed E-state index contributed by atoms with van der Waals surface area (Å²) >= 11 is 0. The van der Waals surface area contributed by atoms with Crippen molar-refractivity contribution in [2.24, 2.45) is 0 Å². The van der Waals surface area contributed by atoms with Gasteiger partial charge >= 0.3 is 6.61 Å². The van der Waals surface area contributed by atoms with Crippen LogP contribution in [0.3, 0.4) is 0 Å². The van der Waals surface area contributed by atoms with Gasteiger partial charge in [-0.05, 0) is 45.1 Å². The van der Waals surface area contributed by atoms with Gasteiger partial charge < -0.3 is 20.1 Å². The Kier molecular flexibility index (Phi) is 7.01. The van der Waals surface area contributed by atoms with E-state index in [0.717, 1.165) is 11.1 Å². The molecule has 0 spiro atoms. The molecule has 1 aromatic carbocycles. The van der Waals surface area contributed by atoms with Gasteiger partial charge in [0.2, 0.25) is 0 Å². The monoisotopic (exact) mass is 302 g/mol. The van der Waals surface area contributed by atoms with Gasteiger partial charge in [-0.2, -0.15) is 8.78 Å². The predicted octanol–water partition coefficient (Wildman–Crippen LogP) is 1.92. The number of aliphatic hydroxyl groups excluding tert-OH is 1. The Bertz CT molecular complexity index is 454. The van der Waals surface area contributed by atoms with Crippen molar-refractivity contribution in [3.8, 4) is 5.75 Å². The molecule has 6 heteroatoms. The van der Waals surface area contributed by atoms with Crippen molar-refractivity contribution in [1.29, 1.82) is 0 Å². The molecule has 0 aliphatic rings. The maximum atomic E-state index is 12.4. The maximum absolute atomic E-state index is 12.4. The van der Waals surface area contributed by atoms with Crippen molar-refractivity contribution in [3.63, 3.8) is 0 Å². The number of aryl methyl sites for hydroxylation is 2. The number of aliphatic hydroxyl groups is 1. The molecule has 0 amide bonds. The van der Waals surface area contributed by atoms with Crippen molar-refractivity contribution in [2.75, 3.05) is 27.2 Å². The minimum absolute atomic E-state index is 0.183. The van der Waals surface area contributed by atoms with Crippen LogP contribution in [0.4, 0.5) is 8.78 Å². The fraction of sp³-hybridized carbons (Fsp3) is 0.600. The molecule has 0 aliphatic heterocycles. The average molecular weight is 302 g/mol. The topological polar surface area (TPSA) is 44.7 Å². The van der Waals surface area contributed by atoms with Gasteiger partial charge in [-0.3, -0.25) is 0 Å². The summed E-state index contributed by atoms with van der Waals surface area (Å²) in [6, 6.07) is 3.45. The molecular formula is C15H24F2N2O2. The van der Waals surface area contributed by atoms with Crippen molar-refractivity contribution < 1.29 is 18.6 Å². The Balaban J connectivity index is 2.66. The summed E-state index contributed by atoms with van der Waals surface area (Å²) in [6.07, 6.45) is -0.508. The average Bonchev–Trinajstić information content (AvgIpc) is 2.33. The summed E-state index contributed by atoms with van der Waals surface area (Å²) < 4.78 is 29.4. The number of hydrogen-bond donors (Lipinski definition) is 2. The van der Waals surface area contributed by atoms with Gasteiger partial charge in [-0.15, -0.1) is 0 Å². The number of alkyl halides is 2. The minimum atomic E-state index is -2.84. The van der Waals surface area contributed by atoms with E-state index in [1.165, 1.54) is 0 Å². The second-order valence-corrected chi connectivity index (χ2v) is 5.47. The first kappa shape index (κ1) is 17.8. The molecule has 0 saturated carbocycles. The summed E-state index contributed by atoms with van der Waals surface area (Å²) in [5, 5.41) is 12.8. The summed E-state index contributed by atoms with van der Waals surface area (Å²) in [7, 11) is 3.75. The number of halogens is 2. The number of benzene rings is 1. The minimum Gasteiger partial charge on any atom is -0.434 e. The highest BCUT2D eigenvalue weighted by Crippen LogP contribution is 2.24. The highest BCUT2D eigenvalue weighted by atomic mass is 19.3. The lowest BCUT2D eigenvalue weighted by Crippen LogP contribution is -2.34. The van der Waals surface area contributed by atoms with E-state index in [1.807, 2.05) is 38.9 Å². The van der Waals surface area contributed by atoms with E-state index >= 15 is 0 Å². The molecule has 0 saturated heterocycles. The van der Waals surface area contributed by atoms with E-state index in [2.05, 4.69) is 10.1 Å². The van der Waals surface area contributed by atoms with Crippen LogP contribution in [0.25, 0.3) is 0 Å². The van der Waals surface area contributed by atoms with Crippen LogP contribution in [-0.4, -0.2) is 49.9 Å². The third-order valence-electron chi connectivity index (χ3n) is 3.16. The zero-order valence-corrected chi connectivity index (χ0v) is 13.0. The van der Waals surface area contributed by atoms with Crippen LogP contribution >= 0.6 is 0 Å². The number of rotatable bonds is 8. The fourth-order valence-electron chi connectivity index (χ4n) is 2.05. The number of nitrogens with one attached hydrogen (secondary N) is 1. The molecule has 0 bridgehead atoms. The first-order valence-electron chi connectivity index (χ1n) is 6.88. The van der Waals surface area contributed by atoms with E-state index in [1.54, 1.807) is 6.07 Å². The summed E-state index contributed by atoms with van der Waals surface area (Å²) in [5.74, 6) is 0.183. The zero-order valence-electron chi connectivity index (χ0n) is 13.0. The van der Waals surface area contributed by atoms with Gasteiger partial charge in [0.1, 0.15) is 5.75 Å². The lowest BCUT2D eigenvalue weighted by atomic mass is 10.0. The molecule has 2 N–H and O–H groups in total. The van der Waals surface area contributed by atoms with Crippen molar-refractivity contribution in [3.05, 3.63) is 28.8 Å². The molecular weight excluding hydrogens is 278 g/mol. The van der Waals surface area contributed by atoms with E-state index in [-0.39, 0.29) is 5.75 Å². The van der Waals surface area contributed by atoms with Crippen molar-refractivity contribution in [1.82, 2.24) is 10.2 Å². The molecule has 4 nitrogen and oxygen atoms in total. The lowest BCUT2D eigenvalue weighted by Gasteiger charge is -2.18. The Hall–Kier alpha value is -1.24. The molecule has 0 aromatic heterocycles. The summed E-state index contributed by atoms with van der Waals surface area (Å²) in [4.78, 5) is 1.88. The van der Waals surface area contributed by atoms with E-state index in [0.29, 0.717) is 25.2 Å². The Morgan fingerprint density at radius 1 is 1.24 bits per heavy atom. The van der Waals surface area contributed by atoms with Crippen molar-refractivity contribution >= 4 is 0 Å². The lowest BCUT2D eigenvalue weighted by molar-refractivity contribution is -0.0505. The molecule has 1 rings (SSSR count). The zero-order chi connectivity index (χ0) is 16.0. The molecule has 120 valence electrons. The molecule has 0 aliphatic carbocycles. The Morgan fingerprint density at radius 2 is 1.86 bits per heavy atom. The second-order valence-electron chi connectivity index (χ2n) is 5.47. The number of nitrogens with zero attached hydrogens (tertiary/aromatic N) is 1. The fourth-order valence-corrected chi connectivity index (χ4v) is 2.05. The third kappa shape index (κ3) is 6.37. The van der Waals surface area contributed by atoms with Gasteiger partial charge in [0.05, 0.1) is 6.10 Å². The molecule has 1 unspecified atom stereocenters. The molecule has 1 aromatic rings. The Labute approximate surface area is 124 Å². The van der Waals surface area contributed by atoms with E-state index in [9.17, 15) is 13.9 Å². The van der Waals surface area contributed by atoms with Crippen LogP contribution in [0, 0.1) is 13.8 Å². The SMILES string of the molecule is Cc1cc(CNCC(O)CN(C)C)c(OC(F)F)cc1C. The molecule has 0 fully saturated rings. The van der Waals surface area contributed by atoms with Crippen LogP contribution in [0.1, 0.15) is 16.7 Å².